The van der Waals surface area contributed by atoms with Crippen molar-refractivity contribution < 1.29 is 46.8 Å². The number of pyridine rings is 2. The minimum atomic E-state index is -4.57. The maximum atomic E-state index is 13.1. The van der Waals surface area contributed by atoms with E-state index in [0.29, 0.717) is 0 Å². The van der Waals surface area contributed by atoms with Gasteiger partial charge in [-0.2, -0.15) is 26.3 Å². The van der Waals surface area contributed by atoms with Gasteiger partial charge in [0.15, 0.2) is 0 Å². The number of aromatic amines is 2. The number of benzene rings is 4. The number of aromatic nitrogens is 2. The Morgan fingerprint density at radius 3 is 1.25 bits per heavy atom. The second-order valence-electron chi connectivity index (χ2n) is 11.4. The molecule has 0 spiro atoms. The van der Waals surface area contributed by atoms with Crippen LogP contribution in [0.4, 0.5) is 26.3 Å². The molecule has 4 aromatic carbocycles. The van der Waals surface area contributed by atoms with E-state index in [0.717, 1.165) is 36.4 Å². The fourth-order valence-corrected chi connectivity index (χ4v) is 6.10. The minimum absolute atomic E-state index is 0.0666. The van der Waals surface area contributed by atoms with Crippen LogP contribution in [0.15, 0.2) is 82.4 Å². The molecule has 6 rings (SSSR count). The number of hydrogen-bond donors (Lipinski definition) is 6. The van der Waals surface area contributed by atoms with E-state index in [1.807, 2.05) is 0 Å². The molecule has 6 N–H and O–H groups in total. The molecule has 0 radical (unpaired) electrons. The number of aliphatic hydroxyl groups is 2. The van der Waals surface area contributed by atoms with E-state index in [4.69, 9.17) is 23.2 Å². The van der Waals surface area contributed by atoms with Gasteiger partial charge in [0.25, 0.3) is 11.1 Å². The van der Waals surface area contributed by atoms with E-state index in [-0.39, 0.29) is 103 Å². The third-order valence-electron chi connectivity index (χ3n) is 8.06. The van der Waals surface area contributed by atoms with Gasteiger partial charge in [-0.3, -0.25) is 9.59 Å². The summed E-state index contributed by atoms with van der Waals surface area (Å²) >= 11 is 11.9. The molecule has 0 atom stereocenters. The number of aromatic hydroxyl groups is 2. The molecule has 16 heteroatoms. The summed E-state index contributed by atoms with van der Waals surface area (Å²) in [6, 6.07) is 14.0. The maximum absolute atomic E-state index is 13.1. The van der Waals surface area contributed by atoms with Crippen LogP contribution in [0.1, 0.15) is 22.3 Å². The summed E-state index contributed by atoms with van der Waals surface area (Å²) in [5.74, 6) is -0.476. The smallest absolute Gasteiger partial charge is 0.416 e. The number of rotatable bonds is 6. The Morgan fingerprint density at radius 2 is 0.923 bits per heavy atom. The SMILES string of the molecule is O=c1[nH]c2ccc(C(F)(F)F)cc2c(-c2cc(Cl)ccc2O)c1CCO.O=c1[nH]c2ccc(C(F)(F)F)cc2c(-c2cc(Cl)ccc2O)c1CCO. The Hall–Kier alpha value is -5.02. The van der Waals surface area contributed by atoms with Gasteiger partial charge in [-0.25, -0.2) is 0 Å². The molecule has 2 heterocycles. The van der Waals surface area contributed by atoms with E-state index in [9.17, 15) is 56.4 Å². The number of halogens is 8. The normalized spacial score (nSPS) is 11.9. The molecule has 0 saturated carbocycles. The molecule has 272 valence electrons. The second kappa shape index (κ2) is 14.9. The average molecular weight is 768 g/mol. The average Bonchev–Trinajstić information content (AvgIpc) is 3.07. The zero-order chi connectivity index (χ0) is 38.1. The highest BCUT2D eigenvalue weighted by Gasteiger charge is 2.32. The molecule has 0 unspecified atom stereocenters. The van der Waals surface area contributed by atoms with Gasteiger partial charge in [0.2, 0.25) is 0 Å². The quantitative estimate of drug-likeness (QED) is 0.0943. The summed E-state index contributed by atoms with van der Waals surface area (Å²) in [6.07, 6.45) is -9.34. The van der Waals surface area contributed by atoms with Crippen LogP contribution < -0.4 is 11.1 Å². The first-order valence-electron chi connectivity index (χ1n) is 15.2. The zero-order valence-electron chi connectivity index (χ0n) is 26.4. The lowest BCUT2D eigenvalue weighted by atomic mass is 9.93. The van der Waals surface area contributed by atoms with Crippen LogP contribution in [0.5, 0.6) is 11.5 Å². The number of H-pyrrole nitrogens is 2. The van der Waals surface area contributed by atoms with E-state index in [1.54, 1.807) is 0 Å². The topological polar surface area (TPSA) is 147 Å². The first-order chi connectivity index (χ1) is 24.4. The number of phenolic OH excluding ortho intramolecular Hbond substituents is 2. The standard InChI is InChI=1S/2C18H13ClF3NO3/c2*19-10-2-4-15(25)13(8-10)16-11(5-6-24)17(26)23-14-3-1-9(7-12(14)16)18(20,21)22/h2*1-4,7-8,24-25H,5-6H2,(H,23,26). The number of aliphatic hydroxyl groups excluding tert-OH is 2. The van der Waals surface area contributed by atoms with Crippen molar-refractivity contribution in [2.24, 2.45) is 0 Å². The van der Waals surface area contributed by atoms with Crippen molar-refractivity contribution in [3.05, 3.63) is 126 Å². The molecular weight excluding hydrogens is 741 g/mol. The molecule has 6 aromatic rings. The molecule has 52 heavy (non-hydrogen) atoms. The van der Waals surface area contributed by atoms with Gasteiger partial charge in [0.05, 0.1) is 11.1 Å². The fourth-order valence-electron chi connectivity index (χ4n) is 5.75. The monoisotopic (exact) mass is 766 g/mol. The molecule has 0 bridgehead atoms. The van der Waals surface area contributed by atoms with Crippen molar-refractivity contribution in [3.63, 3.8) is 0 Å². The largest absolute Gasteiger partial charge is 0.507 e. The van der Waals surface area contributed by atoms with Gasteiger partial charge >= 0.3 is 12.4 Å². The Labute approximate surface area is 299 Å². The molecule has 2 aromatic heterocycles. The highest BCUT2D eigenvalue weighted by molar-refractivity contribution is 6.31. The van der Waals surface area contributed by atoms with Crippen molar-refractivity contribution in [3.8, 4) is 33.8 Å². The Bertz CT molecular complexity index is 2260. The van der Waals surface area contributed by atoms with Crippen LogP contribution in [0, 0.1) is 0 Å². The van der Waals surface area contributed by atoms with Crippen molar-refractivity contribution in [1.82, 2.24) is 9.97 Å². The number of phenols is 2. The number of fused-ring (bicyclic) bond motifs is 2. The molecule has 0 aliphatic rings. The van der Waals surface area contributed by atoms with E-state index < -0.39 is 34.6 Å². The lowest BCUT2D eigenvalue weighted by Crippen LogP contribution is -2.16. The predicted molar refractivity (Wildman–Crippen MR) is 185 cm³/mol. The van der Waals surface area contributed by atoms with Gasteiger partial charge in [0.1, 0.15) is 11.5 Å². The van der Waals surface area contributed by atoms with E-state index in [2.05, 4.69) is 9.97 Å². The van der Waals surface area contributed by atoms with Crippen LogP contribution in [0.25, 0.3) is 44.1 Å². The van der Waals surface area contributed by atoms with Gasteiger partial charge in [-0.1, -0.05) is 23.2 Å². The molecule has 0 saturated heterocycles. The van der Waals surface area contributed by atoms with Crippen LogP contribution in [-0.4, -0.2) is 43.6 Å². The van der Waals surface area contributed by atoms with Gasteiger partial charge in [-0.15, -0.1) is 0 Å². The van der Waals surface area contributed by atoms with Crippen molar-refractivity contribution in [1.29, 1.82) is 0 Å². The summed E-state index contributed by atoms with van der Waals surface area (Å²) in [6.45, 7) is -0.774. The lowest BCUT2D eigenvalue weighted by Gasteiger charge is -2.15. The van der Waals surface area contributed by atoms with E-state index >= 15 is 0 Å². The second-order valence-corrected chi connectivity index (χ2v) is 12.3. The number of nitrogens with one attached hydrogen (secondary N) is 2. The van der Waals surface area contributed by atoms with Crippen molar-refractivity contribution >= 4 is 45.0 Å². The zero-order valence-corrected chi connectivity index (χ0v) is 27.9. The third kappa shape index (κ3) is 7.89. The van der Waals surface area contributed by atoms with Gasteiger partial charge < -0.3 is 30.4 Å². The molecular formula is C36H26Cl2F6N2O6. The van der Waals surface area contributed by atoms with Gasteiger partial charge in [0, 0.05) is 91.3 Å². The highest BCUT2D eigenvalue weighted by atomic mass is 35.5. The summed E-state index contributed by atoms with van der Waals surface area (Å²) in [5, 5.41) is 39.6. The summed E-state index contributed by atoms with van der Waals surface area (Å²) in [7, 11) is 0. The fraction of sp³-hybridized carbons (Fsp3) is 0.167. The van der Waals surface area contributed by atoms with Crippen LogP contribution in [-0.2, 0) is 25.2 Å². The van der Waals surface area contributed by atoms with Crippen LogP contribution >= 0.6 is 23.2 Å². The molecule has 0 fully saturated rings. The first-order valence-corrected chi connectivity index (χ1v) is 15.9. The Kier molecular flexibility index (Phi) is 11.0. The van der Waals surface area contributed by atoms with Crippen molar-refractivity contribution in [2.45, 2.75) is 25.2 Å². The van der Waals surface area contributed by atoms with Crippen LogP contribution in [0.2, 0.25) is 10.0 Å². The third-order valence-corrected chi connectivity index (χ3v) is 8.53. The summed E-state index contributed by atoms with van der Waals surface area (Å²) in [5.41, 5.74) is -1.93. The Balaban J connectivity index is 0.000000201. The number of hydrogen-bond acceptors (Lipinski definition) is 6. The maximum Gasteiger partial charge on any atom is 0.416 e. The van der Waals surface area contributed by atoms with Crippen molar-refractivity contribution in [2.75, 3.05) is 13.2 Å². The molecule has 0 amide bonds. The molecule has 0 aliphatic heterocycles. The Morgan fingerprint density at radius 1 is 0.558 bits per heavy atom. The van der Waals surface area contributed by atoms with E-state index in [1.165, 1.54) is 36.4 Å². The minimum Gasteiger partial charge on any atom is -0.507 e. The van der Waals surface area contributed by atoms with Crippen LogP contribution in [0.3, 0.4) is 0 Å². The molecule has 0 aliphatic carbocycles. The lowest BCUT2D eigenvalue weighted by molar-refractivity contribution is -0.138. The summed E-state index contributed by atoms with van der Waals surface area (Å²) in [4.78, 5) is 29.8. The molecule has 8 nitrogen and oxygen atoms in total. The number of alkyl halides is 6. The van der Waals surface area contributed by atoms with Gasteiger partial charge in [-0.05, 0) is 72.8 Å². The first kappa shape index (κ1) is 38.2. The predicted octanol–water partition coefficient (Wildman–Crippen LogP) is 8.22. The highest BCUT2D eigenvalue weighted by Crippen LogP contribution is 2.41. The summed E-state index contributed by atoms with van der Waals surface area (Å²) < 4.78 is 78.8.